The number of nitrogens with one attached hydrogen (secondary N) is 2. The predicted octanol–water partition coefficient (Wildman–Crippen LogP) is 7.72. The van der Waals surface area contributed by atoms with Crippen molar-refractivity contribution in [2.45, 2.75) is 150 Å². The monoisotopic (exact) mass is 524 g/mol. The molecule has 0 saturated carbocycles. The van der Waals surface area contributed by atoms with Gasteiger partial charge in [0.15, 0.2) is 6.29 Å². The maximum atomic E-state index is 11.4. The molecular weight excluding hydrogens is 460 g/mol. The van der Waals surface area contributed by atoms with Crippen molar-refractivity contribution in [1.29, 1.82) is 0 Å². The van der Waals surface area contributed by atoms with Gasteiger partial charge >= 0.3 is 0 Å². The van der Waals surface area contributed by atoms with Gasteiger partial charge in [-0.2, -0.15) is 0 Å². The van der Waals surface area contributed by atoms with Crippen LogP contribution in [-0.2, 0) is 14.3 Å². The quantitative estimate of drug-likeness (QED) is 0.151. The van der Waals surface area contributed by atoms with Crippen molar-refractivity contribution in [3.63, 3.8) is 0 Å². The van der Waals surface area contributed by atoms with Crippen molar-refractivity contribution in [3.05, 3.63) is 0 Å². The maximum absolute atomic E-state index is 11.4. The molecule has 1 amide bonds. The van der Waals surface area contributed by atoms with E-state index in [1.54, 1.807) is 6.92 Å². The third-order valence-electron chi connectivity index (χ3n) is 9.39. The maximum Gasteiger partial charge on any atom is 0.216 e. The van der Waals surface area contributed by atoms with Crippen molar-refractivity contribution >= 4 is 5.91 Å². The number of hydrogen-bond donors (Lipinski definition) is 2. The van der Waals surface area contributed by atoms with Gasteiger partial charge in [-0.3, -0.25) is 4.79 Å². The number of rotatable bonds is 21. The zero-order chi connectivity index (χ0) is 27.6. The van der Waals surface area contributed by atoms with E-state index in [0.717, 1.165) is 0 Å². The Balaban J connectivity index is 2.29. The van der Waals surface area contributed by atoms with Crippen LogP contribution in [0.15, 0.2) is 0 Å². The highest BCUT2D eigenvalue weighted by Gasteiger charge is 2.40. The topological polar surface area (TPSA) is 59.6 Å². The zero-order valence-corrected chi connectivity index (χ0v) is 26.0. The molecule has 2 N–H and O–H groups in total. The molecule has 0 aromatic rings. The van der Waals surface area contributed by atoms with Gasteiger partial charge in [-0.25, -0.2) is 0 Å². The number of likely N-dealkylation sites (N-methyl/N-ethyl adjacent to an activating group) is 1. The summed E-state index contributed by atoms with van der Waals surface area (Å²) in [6, 6.07) is 0.312. The number of amides is 1. The molecule has 0 aromatic carbocycles. The van der Waals surface area contributed by atoms with Crippen LogP contribution in [0.3, 0.4) is 0 Å². The van der Waals surface area contributed by atoms with Crippen LogP contribution in [0, 0.1) is 29.6 Å². The van der Waals surface area contributed by atoms with E-state index in [-0.39, 0.29) is 18.3 Å². The van der Waals surface area contributed by atoms with E-state index >= 15 is 0 Å². The molecule has 1 saturated heterocycles. The summed E-state index contributed by atoms with van der Waals surface area (Å²) in [7, 11) is 2.05. The normalized spacial score (nSPS) is 26.5. The Bertz CT molecular complexity index is 572. The second-order valence-electron chi connectivity index (χ2n) is 12.3. The van der Waals surface area contributed by atoms with E-state index in [2.05, 4.69) is 59.2 Å². The molecule has 1 aliphatic rings. The lowest BCUT2D eigenvalue weighted by molar-refractivity contribution is -0.249. The molecular formula is C32H64N2O3. The fourth-order valence-corrected chi connectivity index (χ4v) is 5.82. The second kappa shape index (κ2) is 20.3. The highest BCUT2D eigenvalue weighted by atomic mass is 16.7. The van der Waals surface area contributed by atoms with Gasteiger partial charge in [-0.15, -0.1) is 0 Å². The van der Waals surface area contributed by atoms with E-state index in [4.69, 9.17) is 9.47 Å². The summed E-state index contributed by atoms with van der Waals surface area (Å²) in [5.74, 6) is 2.40. The van der Waals surface area contributed by atoms with Crippen molar-refractivity contribution in [2.75, 3.05) is 20.2 Å². The average molecular weight is 525 g/mol. The van der Waals surface area contributed by atoms with Crippen LogP contribution in [0.4, 0.5) is 0 Å². The van der Waals surface area contributed by atoms with Gasteiger partial charge in [0.2, 0.25) is 5.91 Å². The van der Waals surface area contributed by atoms with Gasteiger partial charge in [0.05, 0.1) is 12.7 Å². The smallest absolute Gasteiger partial charge is 0.216 e. The molecule has 8 atom stereocenters. The molecule has 37 heavy (non-hydrogen) atoms. The highest BCUT2D eigenvalue weighted by molar-refractivity contribution is 5.72. The summed E-state index contributed by atoms with van der Waals surface area (Å²) in [5, 5.41) is 6.45. The largest absolute Gasteiger partial charge is 0.354 e. The minimum absolute atomic E-state index is 0.00437. The van der Waals surface area contributed by atoms with Gasteiger partial charge in [0.25, 0.3) is 0 Å². The summed E-state index contributed by atoms with van der Waals surface area (Å²) >= 11 is 0. The molecule has 220 valence electrons. The van der Waals surface area contributed by atoms with Gasteiger partial charge in [-0.05, 0) is 30.7 Å². The molecule has 1 aliphatic heterocycles. The lowest BCUT2D eigenvalue weighted by Crippen LogP contribution is -2.51. The van der Waals surface area contributed by atoms with E-state index in [1.807, 2.05) is 0 Å². The van der Waals surface area contributed by atoms with Crippen LogP contribution in [0.2, 0.25) is 0 Å². The Kier molecular flexibility index (Phi) is 18.8. The molecule has 5 nitrogen and oxygen atoms in total. The van der Waals surface area contributed by atoms with Crippen LogP contribution < -0.4 is 10.6 Å². The molecule has 1 fully saturated rings. The van der Waals surface area contributed by atoms with Gasteiger partial charge in [0.1, 0.15) is 0 Å². The van der Waals surface area contributed by atoms with Crippen molar-refractivity contribution in [1.82, 2.24) is 10.6 Å². The number of ether oxygens (including phenoxy) is 2. The van der Waals surface area contributed by atoms with E-state index < -0.39 is 0 Å². The Morgan fingerprint density at radius 3 is 1.89 bits per heavy atom. The summed E-state index contributed by atoms with van der Waals surface area (Å²) in [6.45, 7) is 16.6. The van der Waals surface area contributed by atoms with Crippen LogP contribution in [0.1, 0.15) is 132 Å². The Hall–Kier alpha value is -0.650. The summed E-state index contributed by atoms with van der Waals surface area (Å²) in [6.07, 6.45) is 17.9. The first-order chi connectivity index (χ1) is 17.7. The second-order valence-corrected chi connectivity index (χ2v) is 12.3. The van der Waals surface area contributed by atoms with Crippen molar-refractivity contribution < 1.29 is 14.3 Å². The number of carbonyl (C=O) groups excluding carboxylic acids is 1. The third kappa shape index (κ3) is 13.8. The fourth-order valence-electron chi connectivity index (χ4n) is 5.82. The van der Waals surface area contributed by atoms with Gasteiger partial charge in [0, 0.05) is 25.4 Å². The first-order valence-electron chi connectivity index (χ1n) is 15.9. The highest BCUT2D eigenvalue weighted by Crippen LogP contribution is 2.35. The number of carbonyl (C=O) groups is 1. The average Bonchev–Trinajstić information content (AvgIpc) is 2.88. The number of unbranched alkanes of at least 4 members (excludes halogenated alkanes) is 11. The molecule has 1 rings (SSSR count). The minimum atomic E-state index is -0.223. The van der Waals surface area contributed by atoms with E-state index in [9.17, 15) is 4.79 Å². The van der Waals surface area contributed by atoms with Gasteiger partial charge in [-0.1, -0.05) is 125 Å². The Morgan fingerprint density at radius 2 is 1.38 bits per heavy atom. The van der Waals surface area contributed by atoms with Crippen molar-refractivity contribution in [3.8, 4) is 0 Å². The minimum Gasteiger partial charge on any atom is -0.354 e. The zero-order valence-electron chi connectivity index (χ0n) is 26.0. The van der Waals surface area contributed by atoms with Crippen LogP contribution in [0.25, 0.3) is 0 Å². The molecule has 0 bridgehead atoms. The lowest BCUT2D eigenvalue weighted by atomic mass is 9.79. The Morgan fingerprint density at radius 1 is 0.838 bits per heavy atom. The molecule has 5 heteroatoms. The van der Waals surface area contributed by atoms with Crippen LogP contribution in [0.5, 0.6) is 0 Å². The first-order valence-corrected chi connectivity index (χ1v) is 15.9. The van der Waals surface area contributed by atoms with Crippen molar-refractivity contribution in [2.24, 2.45) is 29.6 Å². The number of hydrogen-bond acceptors (Lipinski definition) is 4. The third-order valence-corrected chi connectivity index (χ3v) is 9.39. The molecule has 5 unspecified atom stereocenters. The molecule has 0 radical (unpaired) electrons. The van der Waals surface area contributed by atoms with E-state index in [1.165, 1.54) is 83.5 Å². The molecule has 0 spiro atoms. The standard InChI is InChI=1S/C32H64N2O3/c1-9-10-11-12-13-14-15-16-17-18-19-20-21-24(2)25(3)30(33-8)23-36-32-28(6)26(4)27(5)31(37-32)22-34-29(7)35/h24-28,30-33H,9-23H2,1-8H3,(H,34,35)/t24-,25-,26?,27?,28?,30+,31?,32?/m1/s1. The summed E-state index contributed by atoms with van der Waals surface area (Å²) in [5.41, 5.74) is 0. The fraction of sp³-hybridized carbons (Fsp3) is 0.969. The van der Waals surface area contributed by atoms with Crippen LogP contribution >= 0.6 is 0 Å². The van der Waals surface area contributed by atoms with Gasteiger partial charge < -0.3 is 20.1 Å². The summed E-state index contributed by atoms with van der Waals surface area (Å²) < 4.78 is 12.7. The SMILES string of the molecule is CCCCCCCCCCCCCC[C@@H](C)[C@@H](C)[C@H](COC1OC(CNC(C)=O)C(C)C(C)C1C)NC. The summed E-state index contributed by atoms with van der Waals surface area (Å²) in [4.78, 5) is 11.4. The molecule has 0 aromatic heterocycles. The van der Waals surface area contributed by atoms with E-state index in [0.29, 0.717) is 48.8 Å². The van der Waals surface area contributed by atoms with Crippen LogP contribution in [-0.4, -0.2) is 44.5 Å². The first kappa shape index (κ1) is 34.4. The predicted molar refractivity (Wildman–Crippen MR) is 158 cm³/mol. The Labute approximate surface area is 231 Å². The molecule has 0 aliphatic carbocycles. The lowest BCUT2D eigenvalue weighted by Gasteiger charge is -2.44. The molecule has 1 heterocycles.